The van der Waals surface area contributed by atoms with E-state index >= 15 is 0 Å². The Morgan fingerprint density at radius 1 is 0.889 bits per heavy atom. The van der Waals surface area contributed by atoms with Crippen LogP contribution in [-0.2, 0) is 4.74 Å². The van der Waals surface area contributed by atoms with Crippen LogP contribution in [0.15, 0.2) is 54.6 Å². The van der Waals surface area contributed by atoms with Crippen molar-refractivity contribution < 1.29 is 14.0 Å². The van der Waals surface area contributed by atoms with E-state index in [1.807, 2.05) is 48.5 Å². The molecule has 0 aliphatic rings. The quantitative estimate of drug-likeness (QED) is 0.231. The van der Waals surface area contributed by atoms with Gasteiger partial charge in [-0.25, -0.2) is 4.79 Å². The van der Waals surface area contributed by atoms with Crippen molar-refractivity contribution >= 4 is 27.5 Å². The normalized spacial score (nSPS) is 11.8. The summed E-state index contributed by atoms with van der Waals surface area (Å²) in [6.07, 6.45) is 3.32. The van der Waals surface area contributed by atoms with Gasteiger partial charge in [0.05, 0.1) is 39.4 Å². The summed E-state index contributed by atoms with van der Waals surface area (Å²) in [4.78, 5) is 12.9. The third-order valence-corrected chi connectivity index (χ3v) is 5.23. The Bertz CT molecular complexity index is 876. The fourth-order valence-electron chi connectivity index (χ4n) is 3.66. The molecule has 0 fully saturated rings. The van der Waals surface area contributed by atoms with Gasteiger partial charge in [0.1, 0.15) is 0 Å². The zero-order valence-electron chi connectivity index (χ0n) is 16.7. The van der Waals surface area contributed by atoms with E-state index in [2.05, 4.69) is 27.1 Å². The minimum absolute atomic E-state index is 0.220. The van der Waals surface area contributed by atoms with Crippen LogP contribution in [0.1, 0.15) is 36.5 Å². The molecule has 0 aliphatic carbocycles. The summed E-state index contributed by atoms with van der Waals surface area (Å²) in [5.41, 5.74) is 0.684. The molecule has 3 nitrogen and oxygen atoms in total. The smallest absolute Gasteiger partial charge is 0.339 e. The zero-order valence-corrected chi connectivity index (χ0v) is 16.7. The van der Waals surface area contributed by atoms with Gasteiger partial charge in [-0.1, -0.05) is 61.9 Å². The van der Waals surface area contributed by atoms with Crippen LogP contribution >= 0.6 is 0 Å². The van der Waals surface area contributed by atoms with E-state index in [-0.39, 0.29) is 5.97 Å². The van der Waals surface area contributed by atoms with Crippen molar-refractivity contribution in [1.29, 1.82) is 0 Å². The van der Waals surface area contributed by atoms with Crippen molar-refractivity contribution in [3.05, 3.63) is 60.2 Å². The van der Waals surface area contributed by atoms with Gasteiger partial charge in [-0.2, -0.15) is 0 Å². The minimum Gasteiger partial charge on any atom is -0.462 e. The Hall–Kier alpha value is -2.39. The molecule has 27 heavy (non-hydrogen) atoms. The fraction of sp³-hybridized carbons (Fsp3) is 0.375. The molecule has 0 N–H and O–H groups in total. The first-order valence-corrected chi connectivity index (χ1v) is 9.91. The Balaban J connectivity index is 1.75. The van der Waals surface area contributed by atoms with Crippen LogP contribution in [0.2, 0.25) is 0 Å². The first-order chi connectivity index (χ1) is 13.0. The van der Waals surface area contributed by atoms with E-state index in [1.54, 1.807) is 0 Å². The third kappa shape index (κ3) is 4.67. The molecule has 0 heterocycles. The Morgan fingerprint density at radius 3 is 2.04 bits per heavy atom. The van der Waals surface area contributed by atoms with Gasteiger partial charge in [0, 0.05) is 6.42 Å². The van der Waals surface area contributed by atoms with Gasteiger partial charge < -0.3 is 9.22 Å². The van der Waals surface area contributed by atoms with E-state index in [0.717, 1.165) is 39.0 Å². The van der Waals surface area contributed by atoms with E-state index < -0.39 is 0 Å². The SMILES string of the molecule is CCCC[N+](C)(C)CCCOC(=O)c1c2ccccc2cc2ccccc12. The summed E-state index contributed by atoms with van der Waals surface area (Å²) in [6.45, 7) is 4.86. The van der Waals surface area contributed by atoms with Crippen LogP contribution < -0.4 is 0 Å². The average molecular weight is 365 g/mol. The number of hydrogen-bond acceptors (Lipinski definition) is 2. The molecule has 0 unspecified atom stereocenters. The first kappa shape index (κ1) is 19.4. The predicted molar refractivity (Wildman–Crippen MR) is 113 cm³/mol. The molecule has 3 aromatic rings. The Morgan fingerprint density at radius 2 is 1.44 bits per heavy atom. The maximum absolute atomic E-state index is 12.9. The van der Waals surface area contributed by atoms with Gasteiger partial charge in [-0.15, -0.1) is 0 Å². The van der Waals surface area contributed by atoms with Gasteiger partial charge in [0.25, 0.3) is 0 Å². The molecular weight excluding hydrogens is 334 g/mol. The largest absolute Gasteiger partial charge is 0.462 e. The predicted octanol–water partition coefficient (Wildman–Crippen LogP) is 5.42. The number of ether oxygens (including phenoxy) is 1. The van der Waals surface area contributed by atoms with E-state index in [9.17, 15) is 4.79 Å². The highest BCUT2D eigenvalue weighted by Crippen LogP contribution is 2.29. The summed E-state index contributed by atoms with van der Waals surface area (Å²) >= 11 is 0. The second-order valence-electron chi connectivity index (χ2n) is 7.92. The third-order valence-electron chi connectivity index (χ3n) is 5.23. The minimum atomic E-state index is -0.220. The lowest BCUT2D eigenvalue weighted by Crippen LogP contribution is -2.41. The molecule has 0 spiro atoms. The van der Waals surface area contributed by atoms with Gasteiger partial charge in [-0.3, -0.25) is 0 Å². The molecule has 0 saturated carbocycles. The number of carbonyl (C=O) groups is 1. The fourth-order valence-corrected chi connectivity index (χ4v) is 3.66. The summed E-state index contributed by atoms with van der Waals surface area (Å²) in [5, 5.41) is 4.06. The number of benzene rings is 3. The molecule has 0 bridgehead atoms. The topological polar surface area (TPSA) is 26.3 Å². The summed E-state index contributed by atoms with van der Waals surface area (Å²) in [6, 6.07) is 18.2. The molecule has 0 amide bonds. The number of quaternary nitrogens is 1. The van der Waals surface area contributed by atoms with E-state index in [1.165, 1.54) is 19.4 Å². The maximum atomic E-state index is 12.9. The summed E-state index contributed by atoms with van der Waals surface area (Å²) in [5.74, 6) is -0.220. The molecule has 3 aromatic carbocycles. The van der Waals surface area contributed by atoms with Crippen molar-refractivity contribution in [1.82, 2.24) is 0 Å². The van der Waals surface area contributed by atoms with Gasteiger partial charge in [-0.05, 0) is 34.0 Å². The molecule has 0 atom stereocenters. The first-order valence-electron chi connectivity index (χ1n) is 9.91. The van der Waals surface area contributed by atoms with Gasteiger partial charge >= 0.3 is 5.97 Å². The number of rotatable bonds is 8. The molecule has 0 aromatic heterocycles. The maximum Gasteiger partial charge on any atom is 0.339 e. The lowest BCUT2D eigenvalue weighted by Gasteiger charge is -2.29. The van der Waals surface area contributed by atoms with Crippen LogP contribution in [0.4, 0.5) is 0 Å². The van der Waals surface area contributed by atoms with Crippen LogP contribution in [0.5, 0.6) is 0 Å². The Kier molecular flexibility index (Phi) is 6.12. The average Bonchev–Trinajstić information content (AvgIpc) is 2.67. The lowest BCUT2D eigenvalue weighted by molar-refractivity contribution is -0.890. The highest BCUT2D eigenvalue weighted by molar-refractivity contribution is 6.16. The monoisotopic (exact) mass is 364 g/mol. The molecule has 3 heteroatoms. The Labute approximate surface area is 162 Å². The number of carbonyl (C=O) groups excluding carboxylic acids is 1. The van der Waals surface area contributed by atoms with Crippen molar-refractivity contribution in [2.24, 2.45) is 0 Å². The molecule has 0 saturated heterocycles. The van der Waals surface area contributed by atoms with Crippen LogP contribution in [0.3, 0.4) is 0 Å². The van der Waals surface area contributed by atoms with Crippen molar-refractivity contribution in [3.63, 3.8) is 0 Å². The van der Waals surface area contributed by atoms with Crippen molar-refractivity contribution in [2.75, 3.05) is 33.8 Å². The number of unbranched alkanes of at least 4 members (excludes halogenated alkanes) is 1. The molecule has 3 rings (SSSR count). The van der Waals surface area contributed by atoms with E-state index in [4.69, 9.17) is 4.74 Å². The van der Waals surface area contributed by atoms with Gasteiger partial charge in [0.2, 0.25) is 0 Å². The zero-order chi connectivity index (χ0) is 19.3. The molecule has 142 valence electrons. The standard InChI is InChI=1S/C24H30NO2/c1-4-5-15-25(2,3)16-10-17-27-24(26)23-21-13-8-6-11-19(21)18-20-12-7-9-14-22(20)23/h6-9,11-14,18H,4-5,10,15-17H2,1-3H3/q+1. The molecule has 0 radical (unpaired) electrons. The highest BCUT2D eigenvalue weighted by atomic mass is 16.5. The number of esters is 1. The van der Waals surface area contributed by atoms with Gasteiger partial charge in [0.15, 0.2) is 0 Å². The molecule has 0 aliphatic heterocycles. The number of fused-ring (bicyclic) bond motifs is 2. The second-order valence-corrected chi connectivity index (χ2v) is 7.92. The van der Waals surface area contributed by atoms with Crippen LogP contribution in [0, 0.1) is 0 Å². The number of hydrogen-bond donors (Lipinski definition) is 0. The lowest BCUT2D eigenvalue weighted by atomic mass is 9.97. The van der Waals surface area contributed by atoms with Crippen LogP contribution in [0.25, 0.3) is 21.5 Å². The molecular formula is C24H30NO2+. The number of nitrogens with zero attached hydrogens (tertiary/aromatic N) is 1. The summed E-state index contributed by atoms with van der Waals surface area (Å²) < 4.78 is 6.67. The highest BCUT2D eigenvalue weighted by Gasteiger charge is 2.17. The second kappa shape index (κ2) is 8.53. The van der Waals surface area contributed by atoms with Crippen molar-refractivity contribution in [3.8, 4) is 0 Å². The van der Waals surface area contributed by atoms with Crippen molar-refractivity contribution in [2.45, 2.75) is 26.2 Å². The van der Waals surface area contributed by atoms with Crippen LogP contribution in [-0.4, -0.2) is 44.2 Å². The van der Waals surface area contributed by atoms with E-state index in [0.29, 0.717) is 12.2 Å². The summed E-state index contributed by atoms with van der Waals surface area (Å²) in [7, 11) is 4.49.